The van der Waals surface area contributed by atoms with Gasteiger partial charge in [0.25, 0.3) is 0 Å². The van der Waals surface area contributed by atoms with Crippen molar-refractivity contribution in [2.45, 2.75) is 33.2 Å². The average molecular weight is 434 g/mol. The maximum absolute atomic E-state index is 11.9. The van der Waals surface area contributed by atoms with Crippen molar-refractivity contribution < 1.29 is 9.53 Å². The molecular formula is C27H28ClNO2. The van der Waals surface area contributed by atoms with Crippen LogP contribution in [0.15, 0.2) is 60.7 Å². The minimum Gasteiger partial charge on any atom is -0.465 e. The van der Waals surface area contributed by atoms with Crippen molar-refractivity contribution in [3.05, 3.63) is 82.4 Å². The largest absolute Gasteiger partial charge is 0.465 e. The zero-order valence-corrected chi connectivity index (χ0v) is 18.9. The molecule has 0 atom stereocenters. The molecular weight excluding hydrogens is 406 g/mol. The van der Waals surface area contributed by atoms with E-state index in [0.29, 0.717) is 13.2 Å². The van der Waals surface area contributed by atoms with Crippen LogP contribution >= 0.6 is 11.6 Å². The van der Waals surface area contributed by atoms with Crippen molar-refractivity contribution in [1.82, 2.24) is 4.90 Å². The highest BCUT2D eigenvalue weighted by atomic mass is 35.5. The average Bonchev–Trinajstić information content (AvgIpc) is 2.96. The number of hydrogen-bond donors (Lipinski definition) is 0. The van der Waals surface area contributed by atoms with Crippen LogP contribution in [0.2, 0.25) is 5.02 Å². The van der Waals surface area contributed by atoms with E-state index in [-0.39, 0.29) is 5.97 Å². The van der Waals surface area contributed by atoms with Gasteiger partial charge in [0.15, 0.2) is 0 Å². The molecule has 1 aliphatic heterocycles. The van der Waals surface area contributed by atoms with E-state index in [1.165, 1.54) is 33.4 Å². The Kier molecular flexibility index (Phi) is 6.74. The van der Waals surface area contributed by atoms with Crippen molar-refractivity contribution in [3.8, 4) is 22.3 Å². The minimum absolute atomic E-state index is 0.144. The molecule has 4 rings (SSSR count). The van der Waals surface area contributed by atoms with Gasteiger partial charge in [-0.15, -0.1) is 0 Å². The van der Waals surface area contributed by atoms with E-state index in [1.54, 1.807) is 0 Å². The van der Waals surface area contributed by atoms with E-state index in [0.717, 1.165) is 36.5 Å². The molecule has 0 radical (unpaired) electrons. The molecule has 0 aliphatic carbocycles. The van der Waals surface area contributed by atoms with Gasteiger partial charge in [0.2, 0.25) is 0 Å². The molecule has 0 saturated heterocycles. The van der Waals surface area contributed by atoms with Gasteiger partial charge in [-0.3, -0.25) is 9.69 Å². The normalized spacial score (nSPS) is 14.0. The summed E-state index contributed by atoms with van der Waals surface area (Å²) in [7, 11) is 0. The number of aryl methyl sites for hydroxylation is 1. The molecule has 0 aromatic heterocycles. The maximum atomic E-state index is 11.9. The highest BCUT2D eigenvalue weighted by Gasteiger charge is 2.18. The Labute approximate surface area is 189 Å². The lowest BCUT2D eigenvalue weighted by Crippen LogP contribution is -2.30. The van der Waals surface area contributed by atoms with Gasteiger partial charge >= 0.3 is 5.97 Å². The fraction of sp³-hybridized carbons (Fsp3) is 0.296. The van der Waals surface area contributed by atoms with Gasteiger partial charge in [-0.05, 0) is 72.7 Å². The van der Waals surface area contributed by atoms with Crippen LogP contribution in [0, 0.1) is 6.92 Å². The molecule has 160 valence electrons. The Morgan fingerprint density at radius 2 is 1.77 bits per heavy atom. The summed E-state index contributed by atoms with van der Waals surface area (Å²) in [5, 5.41) is 0.770. The van der Waals surface area contributed by atoms with Crippen molar-refractivity contribution in [3.63, 3.8) is 0 Å². The number of benzene rings is 3. The number of carbonyl (C=O) groups is 1. The van der Waals surface area contributed by atoms with Gasteiger partial charge in [-0.25, -0.2) is 0 Å². The molecule has 1 aliphatic rings. The minimum atomic E-state index is -0.144. The lowest BCUT2D eigenvalue weighted by molar-refractivity contribution is -0.144. The topological polar surface area (TPSA) is 29.5 Å². The van der Waals surface area contributed by atoms with Crippen molar-refractivity contribution in [1.29, 1.82) is 0 Å². The quantitative estimate of drug-likeness (QED) is 0.442. The lowest BCUT2D eigenvalue weighted by atomic mass is 9.90. The van der Waals surface area contributed by atoms with Crippen LogP contribution in [-0.4, -0.2) is 30.6 Å². The number of fused-ring (bicyclic) bond motifs is 1. The standard InChI is InChI=1S/C27H28ClNO2/c1-3-31-27(30)18-29-15-7-8-20-16-21(13-14-22(20)17-29)23-10-6-11-24(19(23)2)25-9-4-5-12-26(25)28/h4-6,9-14,16H,3,7-8,15,17-18H2,1-2H3. The van der Waals surface area contributed by atoms with E-state index >= 15 is 0 Å². The molecule has 3 aromatic rings. The number of esters is 1. The SMILES string of the molecule is CCOC(=O)CN1CCCc2cc(-c3cccc(-c4ccccc4Cl)c3C)ccc2C1. The molecule has 3 aromatic carbocycles. The molecule has 4 heteroatoms. The fourth-order valence-electron chi connectivity index (χ4n) is 4.44. The summed E-state index contributed by atoms with van der Waals surface area (Å²) in [4.78, 5) is 14.1. The number of halogens is 1. The van der Waals surface area contributed by atoms with Gasteiger partial charge in [0.1, 0.15) is 0 Å². The van der Waals surface area contributed by atoms with E-state index in [9.17, 15) is 4.79 Å². The second-order valence-corrected chi connectivity index (χ2v) is 8.47. The van der Waals surface area contributed by atoms with Crippen LogP contribution in [0.1, 0.15) is 30.0 Å². The molecule has 0 saturated carbocycles. The van der Waals surface area contributed by atoms with E-state index in [1.807, 2.05) is 25.1 Å². The summed E-state index contributed by atoms with van der Waals surface area (Å²) in [6, 6.07) is 21.2. The summed E-state index contributed by atoms with van der Waals surface area (Å²) in [5.74, 6) is -0.144. The second-order valence-electron chi connectivity index (χ2n) is 8.06. The van der Waals surface area contributed by atoms with Gasteiger partial charge in [0.05, 0.1) is 13.2 Å². The molecule has 3 nitrogen and oxygen atoms in total. The Morgan fingerprint density at radius 3 is 2.58 bits per heavy atom. The van der Waals surface area contributed by atoms with E-state index in [2.05, 4.69) is 54.3 Å². The predicted molar refractivity (Wildman–Crippen MR) is 127 cm³/mol. The highest BCUT2D eigenvalue weighted by Crippen LogP contribution is 2.36. The first-order valence-corrected chi connectivity index (χ1v) is 11.3. The third-order valence-electron chi connectivity index (χ3n) is 5.99. The smallest absolute Gasteiger partial charge is 0.320 e. The first-order valence-electron chi connectivity index (χ1n) is 10.9. The second kappa shape index (κ2) is 9.67. The number of nitrogens with zero attached hydrogens (tertiary/aromatic N) is 1. The van der Waals surface area contributed by atoms with Crippen molar-refractivity contribution >= 4 is 17.6 Å². The third-order valence-corrected chi connectivity index (χ3v) is 6.32. The molecule has 0 fully saturated rings. The highest BCUT2D eigenvalue weighted by molar-refractivity contribution is 6.33. The first kappa shape index (κ1) is 21.6. The summed E-state index contributed by atoms with van der Waals surface area (Å²) in [5.41, 5.74) is 8.58. The molecule has 0 bridgehead atoms. The summed E-state index contributed by atoms with van der Waals surface area (Å²) in [6.45, 7) is 6.49. The van der Waals surface area contributed by atoms with E-state index < -0.39 is 0 Å². The van der Waals surface area contributed by atoms with Gasteiger partial charge in [-0.1, -0.05) is 66.2 Å². The monoisotopic (exact) mass is 433 g/mol. The van der Waals surface area contributed by atoms with Crippen LogP contribution in [0.5, 0.6) is 0 Å². The maximum Gasteiger partial charge on any atom is 0.320 e. The summed E-state index contributed by atoms with van der Waals surface area (Å²) < 4.78 is 5.13. The molecule has 0 amide bonds. The van der Waals surface area contributed by atoms with Crippen LogP contribution in [0.3, 0.4) is 0 Å². The van der Waals surface area contributed by atoms with Crippen LogP contribution in [0.4, 0.5) is 0 Å². The van der Waals surface area contributed by atoms with Crippen LogP contribution in [0.25, 0.3) is 22.3 Å². The zero-order chi connectivity index (χ0) is 21.8. The van der Waals surface area contributed by atoms with Gasteiger partial charge in [-0.2, -0.15) is 0 Å². The number of ether oxygens (including phenoxy) is 1. The van der Waals surface area contributed by atoms with Crippen molar-refractivity contribution in [2.75, 3.05) is 19.7 Å². The predicted octanol–water partition coefficient (Wildman–Crippen LogP) is 6.29. The zero-order valence-electron chi connectivity index (χ0n) is 18.2. The Balaban J connectivity index is 1.63. The molecule has 0 spiro atoms. The first-order chi connectivity index (χ1) is 15.1. The molecule has 31 heavy (non-hydrogen) atoms. The van der Waals surface area contributed by atoms with Gasteiger partial charge in [0, 0.05) is 17.1 Å². The van der Waals surface area contributed by atoms with Crippen molar-refractivity contribution in [2.24, 2.45) is 0 Å². The summed E-state index contributed by atoms with van der Waals surface area (Å²) >= 11 is 6.47. The third kappa shape index (κ3) is 4.84. The Hall–Kier alpha value is -2.62. The lowest BCUT2D eigenvalue weighted by Gasteiger charge is -2.19. The molecule has 1 heterocycles. The number of carbonyl (C=O) groups excluding carboxylic acids is 1. The van der Waals surface area contributed by atoms with Crippen LogP contribution < -0.4 is 0 Å². The number of rotatable bonds is 5. The fourth-order valence-corrected chi connectivity index (χ4v) is 4.68. The van der Waals surface area contributed by atoms with E-state index in [4.69, 9.17) is 16.3 Å². The Bertz CT molecular complexity index is 1090. The van der Waals surface area contributed by atoms with Gasteiger partial charge < -0.3 is 4.74 Å². The molecule has 0 N–H and O–H groups in total. The summed E-state index contributed by atoms with van der Waals surface area (Å²) in [6.07, 6.45) is 2.06. The Morgan fingerprint density at radius 1 is 1.00 bits per heavy atom. The number of hydrogen-bond acceptors (Lipinski definition) is 3. The van der Waals surface area contributed by atoms with Crippen LogP contribution in [-0.2, 0) is 22.5 Å². The molecule has 0 unspecified atom stereocenters.